The second-order valence-corrected chi connectivity index (χ2v) is 10.7. The molecular formula is C32H28N2O6. The maximum absolute atomic E-state index is 14.0. The number of ketones is 1. The molecule has 1 saturated carbocycles. The van der Waals surface area contributed by atoms with Gasteiger partial charge in [-0.2, -0.15) is 0 Å². The Bertz CT molecular complexity index is 1550. The van der Waals surface area contributed by atoms with Crippen LogP contribution in [-0.4, -0.2) is 52.1 Å². The molecule has 2 heterocycles. The molecule has 0 spiro atoms. The van der Waals surface area contributed by atoms with Crippen molar-refractivity contribution >= 4 is 35.2 Å². The number of carbonyl (C=O) groups is 5. The van der Waals surface area contributed by atoms with Gasteiger partial charge in [0.25, 0.3) is 11.8 Å². The third-order valence-corrected chi connectivity index (χ3v) is 8.44. The van der Waals surface area contributed by atoms with E-state index < -0.39 is 30.2 Å². The molecule has 202 valence electrons. The summed E-state index contributed by atoms with van der Waals surface area (Å²) in [5.41, 5.74) is 2.53. The number of carboxylic acids is 1. The smallest absolute Gasteiger partial charge is 0.335 e. The average Bonchev–Trinajstić information content (AvgIpc) is 3.51. The number of fused-ring (bicyclic) bond motifs is 3. The van der Waals surface area contributed by atoms with Crippen LogP contribution in [0.4, 0.5) is 5.69 Å². The average molecular weight is 537 g/mol. The van der Waals surface area contributed by atoms with Gasteiger partial charge in [0, 0.05) is 23.6 Å². The van der Waals surface area contributed by atoms with E-state index in [1.807, 2.05) is 54.6 Å². The van der Waals surface area contributed by atoms with E-state index in [1.165, 1.54) is 18.2 Å². The molecule has 3 aliphatic rings. The Kier molecular flexibility index (Phi) is 6.54. The zero-order valence-electron chi connectivity index (χ0n) is 21.8. The number of aromatic carboxylic acids is 1. The highest BCUT2D eigenvalue weighted by Crippen LogP contribution is 2.45. The van der Waals surface area contributed by atoms with Crippen LogP contribution in [0.1, 0.15) is 73.8 Å². The van der Waals surface area contributed by atoms with Gasteiger partial charge in [-0.05, 0) is 61.1 Å². The minimum Gasteiger partial charge on any atom is -0.478 e. The summed E-state index contributed by atoms with van der Waals surface area (Å²) in [6.45, 7) is -0.491. The third kappa shape index (κ3) is 4.29. The molecule has 8 nitrogen and oxygen atoms in total. The Morgan fingerprint density at radius 1 is 0.850 bits per heavy atom. The van der Waals surface area contributed by atoms with E-state index in [0.29, 0.717) is 24.9 Å². The Morgan fingerprint density at radius 3 is 2.35 bits per heavy atom. The summed E-state index contributed by atoms with van der Waals surface area (Å²) >= 11 is 0. The number of hydrogen-bond donors (Lipinski definition) is 1. The van der Waals surface area contributed by atoms with Gasteiger partial charge in [-0.1, -0.05) is 55.0 Å². The lowest BCUT2D eigenvalue weighted by Crippen LogP contribution is -2.49. The zero-order chi connectivity index (χ0) is 28.0. The minimum atomic E-state index is -1.21. The van der Waals surface area contributed by atoms with Crippen LogP contribution in [0.5, 0.6) is 0 Å². The summed E-state index contributed by atoms with van der Waals surface area (Å²) in [5, 5.41) is 9.30. The molecular weight excluding hydrogens is 508 g/mol. The predicted octanol–water partition coefficient (Wildman–Crippen LogP) is 4.48. The maximum Gasteiger partial charge on any atom is 0.335 e. The Balaban J connectivity index is 1.32. The molecule has 1 N–H and O–H groups in total. The number of para-hydroxylation sites is 1. The summed E-state index contributed by atoms with van der Waals surface area (Å²) < 4.78 is 0. The standard InChI is InChI=1S/C32H28N2O6/c35-28(18-33-30(37)23-16-14-20(32(39)40)17-25(23)31(33)38)34-26-11-5-4-9-21(26)22(15-13-19-7-2-1-3-8-19)29(36)24-10-6-12-27(24)34/h1-5,7-9,11,14,16-17,22,24,27H,6,10,12-13,15,18H2,(H,39,40). The number of hydrogen-bond acceptors (Lipinski definition) is 5. The SMILES string of the molecule is O=C(O)c1ccc2c(c1)C(=O)N(CC(=O)N1c3ccccc3C(CCc3ccccc3)C(=O)C3CCCC31)C2=O. The van der Waals surface area contributed by atoms with E-state index in [9.17, 15) is 29.1 Å². The lowest BCUT2D eigenvalue weighted by molar-refractivity contribution is -0.125. The van der Waals surface area contributed by atoms with Crippen molar-refractivity contribution in [3.05, 3.63) is 101 Å². The Labute approximate surface area is 231 Å². The first-order valence-corrected chi connectivity index (χ1v) is 13.6. The number of amides is 3. The van der Waals surface area contributed by atoms with Crippen molar-refractivity contribution in [1.29, 1.82) is 0 Å². The van der Waals surface area contributed by atoms with Crippen molar-refractivity contribution in [1.82, 2.24) is 4.90 Å². The zero-order valence-corrected chi connectivity index (χ0v) is 21.8. The van der Waals surface area contributed by atoms with Crippen LogP contribution in [0.3, 0.4) is 0 Å². The second kappa shape index (κ2) is 10.2. The molecule has 3 aromatic carbocycles. The number of nitrogens with zero attached hydrogens (tertiary/aromatic N) is 2. The number of carbonyl (C=O) groups excluding carboxylic acids is 4. The molecule has 1 aliphatic carbocycles. The van der Waals surface area contributed by atoms with Crippen molar-refractivity contribution in [3.8, 4) is 0 Å². The number of aryl methyl sites for hydroxylation is 1. The molecule has 40 heavy (non-hydrogen) atoms. The number of imide groups is 1. The highest BCUT2D eigenvalue weighted by Gasteiger charge is 2.47. The first kappa shape index (κ1) is 25.7. The monoisotopic (exact) mass is 536 g/mol. The van der Waals surface area contributed by atoms with Crippen LogP contribution in [0, 0.1) is 5.92 Å². The number of rotatable bonds is 6. The number of carboxylic acid groups (broad SMARTS) is 1. The number of Topliss-reactive ketones (excluding diaryl/α,β-unsaturated/α-hetero) is 1. The van der Waals surface area contributed by atoms with Gasteiger partial charge in [0.15, 0.2) is 0 Å². The molecule has 8 heteroatoms. The first-order chi connectivity index (χ1) is 19.3. The van der Waals surface area contributed by atoms with Gasteiger partial charge in [0.2, 0.25) is 5.91 Å². The quantitative estimate of drug-likeness (QED) is 0.465. The minimum absolute atomic E-state index is 0.0242. The van der Waals surface area contributed by atoms with Gasteiger partial charge in [-0.3, -0.25) is 24.1 Å². The second-order valence-electron chi connectivity index (χ2n) is 10.7. The van der Waals surface area contributed by atoms with Crippen molar-refractivity contribution in [2.45, 2.75) is 44.1 Å². The van der Waals surface area contributed by atoms with Crippen molar-refractivity contribution in [2.24, 2.45) is 5.92 Å². The Morgan fingerprint density at radius 2 is 1.57 bits per heavy atom. The molecule has 0 saturated heterocycles. The van der Waals surface area contributed by atoms with E-state index in [0.717, 1.165) is 28.9 Å². The number of anilines is 1. The largest absolute Gasteiger partial charge is 0.478 e. The summed E-state index contributed by atoms with van der Waals surface area (Å²) in [4.78, 5) is 68.1. The lowest BCUT2D eigenvalue weighted by atomic mass is 9.83. The summed E-state index contributed by atoms with van der Waals surface area (Å²) in [6, 6.07) is 20.9. The van der Waals surface area contributed by atoms with E-state index in [2.05, 4.69) is 0 Å². The molecule has 6 rings (SSSR count). The van der Waals surface area contributed by atoms with E-state index in [4.69, 9.17) is 0 Å². The van der Waals surface area contributed by atoms with Crippen LogP contribution in [-0.2, 0) is 16.0 Å². The molecule has 3 unspecified atom stereocenters. The van der Waals surface area contributed by atoms with Crippen LogP contribution in [0.25, 0.3) is 0 Å². The van der Waals surface area contributed by atoms with Crippen molar-refractivity contribution < 1.29 is 29.1 Å². The summed E-state index contributed by atoms with van der Waals surface area (Å²) in [6.07, 6.45) is 3.50. The topological polar surface area (TPSA) is 112 Å². The van der Waals surface area contributed by atoms with E-state index in [-0.39, 0.29) is 40.4 Å². The fourth-order valence-electron chi connectivity index (χ4n) is 6.52. The molecule has 0 bridgehead atoms. The fraction of sp³-hybridized carbons (Fsp3) is 0.281. The van der Waals surface area contributed by atoms with Crippen molar-refractivity contribution in [3.63, 3.8) is 0 Å². The van der Waals surface area contributed by atoms with Crippen LogP contribution in [0.2, 0.25) is 0 Å². The summed E-state index contributed by atoms with van der Waals surface area (Å²) in [7, 11) is 0. The molecule has 3 aromatic rings. The maximum atomic E-state index is 14.0. The molecule has 1 fully saturated rings. The highest BCUT2D eigenvalue weighted by molar-refractivity contribution is 6.23. The van der Waals surface area contributed by atoms with Crippen LogP contribution < -0.4 is 4.90 Å². The summed E-state index contributed by atoms with van der Waals surface area (Å²) in [5.74, 6) is -3.52. The molecule has 3 atom stereocenters. The van der Waals surface area contributed by atoms with E-state index >= 15 is 0 Å². The lowest BCUT2D eigenvalue weighted by Gasteiger charge is -2.32. The van der Waals surface area contributed by atoms with Crippen molar-refractivity contribution in [2.75, 3.05) is 11.4 Å². The van der Waals surface area contributed by atoms with Gasteiger partial charge in [-0.15, -0.1) is 0 Å². The fourth-order valence-corrected chi connectivity index (χ4v) is 6.52. The van der Waals surface area contributed by atoms with Gasteiger partial charge < -0.3 is 10.0 Å². The van der Waals surface area contributed by atoms with Gasteiger partial charge in [-0.25, -0.2) is 4.79 Å². The van der Waals surface area contributed by atoms with Crippen LogP contribution in [0.15, 0.2) is 72.8 Å². The Hall–Kier alpha value is -4.59. The highest BCUT2D eigenvalue weighted by atomic mass is 16.4. The van der Waals surface area contributed by atoms with Gasteiger partial charge >= 0.3 is 5.97 Å². The number of benzene rings is 3. The predicted molar refractivity (Wildman–Crippen MR) is 146 cm³/mol. The third-order valence-electron chi connectivity index (χ3n) is 8.44. The molecule has 0 radical (unpaired) electrons. The molecule has 0 aromatic heterocycles. The normalized spacial score (nSPS) is 21.6. The van der Waals surface area contributed by atoms with Gasteiger partial charge in [0.05, 0.1) is 16.7 Å². The molecule has 3 amide bonds. The molecule has 2 aliphatic heterocycles. The van der Waals surface area contributed by atoms with E-state index in [1.54, 1.807) is 4.90 Å². The first-order valence-electron chi connectivity index (χ1n) is 13.6. The van der Waals surface area contributed by atoms with Crippen LogP contribution >= 0.6 is 0 Å². The van der Waals surface area contributed by atoms with Gasteiger partial charge in [0.1, 0.15) is 12.3 Å².